The minimum Gasteiger partial charge on any atom is -0.481 e. The minimum absolute atomic E-state index is 0.195. The molecule has 51 heavy (non-hydrogen) atoms. The minimum atomic E-state index is -0.759. The number of hydrogen-bond donors (Lipinski definition) is 5. The van der Waals surface area contributed by atoms with Gasteiger partial charge in [-0.15, -0.1) is 0 Å². The van der Waals surface area contributed by atoms with Gasteiger partial charge in [-0.05, 0) is 57.3 Å². The third-order valence-electron chi connectivity index (χ3n) is 6.83. The molecule has 304 valence electrons. The van der Waals surface area contributed by atoms with Crippen LogP contribution in [0.4, 0.5) is 0 Å². The van der Waals surface area contributed by atoms with Gasteiger partial charge in [-0.25, -0.2) is 0 Å². The van der Waals surface area contributed by atoms with Crippen LogP contribution >= 0.6 is 0 Å². The van der Waals surface area contributed by atoms with Crippen molar-refractivity contribution in [2.24, 2.45) is 5.92 Å². The number of methoxy groups -OCH3 is 4. The molecule has 0 radical (unpaired) electrons. The summed E-state index contributed by atoms with van der Waals surface area (Å²) in [5.74, 6) is -2.02. The average Bonchev–Trinajstić information content (AvgIpc) is 3.12. The maximum atomic E-state index is 10.6. The van der Waals surface area contributed by atoms with Crippen molar-refractivity contribution in [3.05, 3.63) is 0 Å². The van der Waals surface area contributed by atoms with Crippen molar-refractivity contribution in [3.63, 3.8) is 0 Å². The molecule has 0 bridgehead atoms. The Bertz CT molecular complexity index is 758. The zero-order chi connectivity index (χ0) is 40.1. The largest absolute Gasteiger partial charge is 0.481 e. The van der Waals surface area contributed by atoms with Crippen molar-refractivity contribution in [2.75, 3.05) is 48.3 Å². The number of aliphatic hydroxyl groups excluding tert-OH is 3. The van der Waals surface area contributed by atoms with E-state index in [2.05, 4.69) is 32.8 Å². The molecule has 0 aromatic rings. The zero-order valence-electron chi connectivity index (χ0n) is 32.2. The number of aliphatic hydroxyl groups is 3. The monoisotopic (exact) mass is 742 g/mol. The van der Waals surface area contributed by atoms with E-state index in [1.54, 1.807) is 0 Å². The molecule has 0 aromatic carbocycles. The Labute approximate surface area is 305 Å². The molecule has 15 nitrogen and oxygen atoms in total. The predicted molar refractivity (Wildman–Crippen MR) is 192 cm³/mol. The average molecular weight is 743 g/mol. The van der Waals surface area contributed by atoms with E-state index in [-0.39, 0.29) is 62.8 Å². The third kappa shape index (κ3) is 62.3. The number of rotatable bonds is 25. The van der Waals surface area contributed by atoms with Crippen LogP contribution in [0.2, 0.25) is 0 Å². The number of carbonyl (C=O) groups excluding carboxylic acids is 4. The number of aliphatic carboxylic acids is 2. The maximum Gasteiger partial charge on any atom is 0.305 e. The normalized spacial score (nSPS) is 10.1. The van der Waals surface area contributed by atoms with Crippen LogP contribution in [0.15, 0.2) is 0 Å². The van der Waals surface area contributed by atoms with E-state index in [9.17, 15) is 28.8 Å². The fourth-order valence-corrected chi connectivity index (χ4v) is 3.55. The van der Waals surface area contributed by atoms with Crippen molar-refractivity contribution in [2.45, 2.75) is 142 Å². The molecule has 1 atom stereocenters. The first kappa shape index (κ1) is 57.1. The fourth-order valence-electron chi connectivity index (χ4n) is 3.55. The third-order valence-corrected chi connectivity index (χ3v) is 6.83. The van der Waals surface area contributed by atoms with Crippen LogP contribution in [-0.2, 0) is 47.7 Å². The SMILES string of the molecule is CCCCC(CC)CO.COC(=O)CCCC(=O)OC.COC(=O)CCCCC(=O)OC.O=C(O)CCCCCCCC(=O)O.OCCCCO. The van der Waals surface area contributed by atoms with Crippen LogP contribution in [0.1, 0.15) is 142 Å². The van der Waals surface area contributed by atoms with Crippen molar-refractivity contribution < 1.29 is 73.2 Å². The van der Waals surface area contributed by atoms with Crippen molar-refractivity contribution >= 4 is 35.8 Å². The van der Waals surface area contributed by atoms with Gasteiger partial charge in [0.2, 0.25) is 0 Å². The first-order chi connectivity index (χ1) is 24.3. The smallest absolute Gasteiger partial charge is 0.305 e. The molecule has 15 heteroatoms. The van der Waals surface area contributed by atoms with E-state index < -0.39 is 11.9 Å². The predicted octanol–water partition coefficient (Wildman–Crippen LogP) is 5.23. The molecule has 0 heterocycles. The lowest BCUT2D eigenvalue weighted by atomic mass is 10.0. The number of carboxylic acids is 2. The van der Waals surface area contributed by atoms with Gasteiger partial charge in [0.05, 0.1) is 28.4 Å². The Kier molecular flexibility index (Phi) is 54.6. The first-order valence-electron chi connectivity index (χ1n) is 17.8. The van der Waals surface area contributed by atoms with E-state index in [0.717, 1.165) is 38.5 Å². The number of hydrogen-bond acceptors (Lipinski definition) is 13. The molecule has 0 spiro atoms. The summed E-state index contributed by atoms with van der Waals surface area (Å²) < 4.78 is 17.6. The van der Waals surface area contributed by atoms with Gasteiger partial charge in [-0.2, -0.15) is 0 Å². The van der Waals surface area contributed by atoms with Crippen LogP contribution in [0.5, 0.6) is 0 Å². The topological polar surface area (TPSA) is 240 Å². The Balaban J connectivity index is -0.000000176. The number of unbranched alkanes of at least 4 members (excludes halogenated alkanes) is 7. The highest BCUT2D eigenvalue weighted by Gasteiger charge is 2.04. The van der Waals surface area contributed by atoms with Crippen LogP contribution in [0, 0.1) is 5.92 Å². The molecule has 5 N–H and O–H groups in total. The standard InChI is InChI=1S/C9H16O4.C8H14O4.C8H18O.C7H12O4.C4H10O2/c10-8(11)6-4-2-1-3-5-7-9(12)13;1-11-7(9)5-3-4-6-8(10)12-2;1-3-5-6-8(4-2)7-9;1-10-6(8)4-3-5-7(9)11-2;5-3-1-2-4-6/h1-7H2,(H,10,11)(H,12,13);3-6H2,1-2H3;8-9H,3-7H2,1-2H3;3-5H2,1-2H3;5-6H,1-4H2. The fraction of sp³-hybridized carbons (Fsp3) is 0.833. The molecular formula is C36H70O15. The van der Waals surface area contributed by atoms with Crippen LogP contribution in [-0.4, -0.2) is 110 Å². The van der Waals surface area contributed by atoms with Gasteiger partial charge in [0, 0.05) is 58.3 Å². The van der Waals surface area contributed by atoms with Gasteiger partial charge in [-0.3, -0.25) is 28.8 Å². The summed E-state index contributed by atoms with van der Waals surface area (Å²) >= 11 is 0. The lowest BCUT2D eigenvalue weighted by Crippen LogP contribution is -2.04. The molecule has 0 rings (SSSR count). The summed E-state index contributed by atoms with van der Waals surface area (Å²) in [7, 11) is 5.34. The Morgan fingerprint density at radius 1 is 0.451 bits per heavy atom. The van der Waals surface area contributed by atoms with E-state index in [0.29, 0.717) is 57.5 Å². The van der Waals surface area contributed by atoms with Gasteiger partial charge in [0.1, 0.15) is 0 Å². The van der Waals surface area contributed by atoms with Gasteiger partial charge in [-0.1, -0.05) is 52.4 Å². The van der Waals surface area contributed by atoms with Crippen molar-refractivity contribution in [1.82, 2.24) is 0 Å². The lowest BCUT2D eigenvalue weighted by Gasteiger charge is -2.08. The van der Waals surface area contributed by atoms with E-state index in [1.165, 1.54) is 47.7 Å². The summed E-state index contributed by atoms with van der Waals surface area (Å²) in [6.45, 7) is 5.08. The Morgan fingerprint density at radius 3 is 1.02 bits per heavy atom. The van der Waals surface area contributed by atoms with Crippen LogP contribution in [0.25, 0.3) is 0 Å². The van der Waals surface area contributed by atoms with E-state index in [1.807, 2.05) is 0 Å². The highest BCUT2D eigenvalue weighted by Crippen LogP contribution is 2.10. The number of carboxylic acid groups (broad SMARTS) is 2. The summed E-state index contributed by atoms with van der Waals surface area (Å²) in [4.78, 5) is 62.4. The second kappa shape index (κ2) is 48.8. The zero-order valence-corrected chi connectivity index (χ0v) is 32.2. The van der Waals surface area contributed by atoms with Gasteiger partial charge < -0.3 is 44.5 Å². The second-order valence-corrected chi connectivity index (χ2v) is 11.2. The molecule has 0 fully saturated rings. The van der Waals surface area contributed by atoms with Gasteiger partial charge in [0.15, 0.2) is 0 Å². The lowest BCUT2D eigenvalue weighted by molar-refractivity contribution is -0.143. The Morgan fingerprint density at radius 2 is 0.765 bits per heavy atom. The molecule has 0 aliphatic heterocycles. The molecule has 0 saturated carbocycles. The van der Waals surface area contributed by atoms with Crippen LogP contribution < -0.4 is 0 Å². The number of esters is 4. The molecule has 0 aliphatic rings. The maximum absolute atomic E-state index is 10.6. The highest BCUT2D eigenvalue weighted by atomic mass is 16.5. The van der Waals surface area contributed by atoms with Crippen molar-refractivity contribution in [3.8, 4) is 0 Å². The molecule has 0 aromatic heterocycles. The first-order valence-corrected chi connectivity index (χ1v) is 17.8. The summed E-state index contributed by atoms with van der Waals surface area (Å²) in [5.41, 5.74) is 0. The van der Waals surface area contributed by atoms with Crippen LogP contribution in [0.3, 0.4) is 0 Å². The molecule has 0 amide bonds. The molecule has 1 unspecified atom stereocenters. The summed E-state index contributed by atoms with van der Waals surface area (Å²) in [6, 6.07) is 0. The number of carbonyl (C=O) groups is 6. The highest BCUT2D eigenvalue weighted by molar-refractivity contribution is 5.72. The second-order valence-electron chi connectivity index (χ2n) is 11.2. The summed E-state index contributed by atoms with van der Waals surface area (Å²) in [5, 5.41) is 41.5. The molecule has 0 aliphatic carbocycles. The Hall–Kier alpha value is -3.30. The van der Waals surface area contributed by atoms with Gasteiger partial charge in [0.25, 0.3) is 0 Å². The van der Waals surface area contributed by atoms with E-state index in [4.69, 9.17) is 25.5 Å². The van der Waals surface area contributed by atoms with Crippen molar-refractivity contribution in [1.29, 1.82) is 0 Å². The molecular weight excluding hydrogens is 672 g/mol. The van der Waals surface area contributed by atoms with E-state index >= 15 is 0 Å². The quantitative estimate of drug-likeness (QED) is 0.0457. The molecule has 0 saturated heterocycles. The summed E-state index contributed by atoms with van der Waals surface area (Å²) in [6.07, 6.45) is 13.9. The number of ether oxygens (including phenoxy) is 4. The van der Waals surface area contributed by atoms with Gasteiger partial charge >= 0.3 is 35.8 Å².